The quantitative estimate of drug-likeness (QED) is 0.279. The lowest BCUT2D eigenvalue weighted by atomic mass is 9.95. The maximum atomic E-state index is 13.4. The monoisotopic (exact) mass is 610 g/mol. The first-order valence-electron chi connectivity index (χ1n) is 12.2. The van der Waals surface area contributed by atoms with Crippen molar-refractivity contribution in [1.82, 2.24) is 15.2 Å². The molecule has 1 aliphatic heterocycles. The summed E-state index contributed by atoms with van der Waals surface area (Å²) in [6.07, 6.45) is 1.13. The lowest BCUT2D eigenvalue weighted by Gasteiger charge is -2.30. The van der Waals surface area contributed by atoms with Crippen LogP contribution in [0.1, 0.15) is 41.5 Å². The predicted molar refractivity (Wildman–Crippen MR) is 156 cm³/mol. The number of hydrogen-bond donors (Lipinski definition) is 3. The summed E-state index contributed by atoms with van der Waals surface area (Å²) in [5.74, 6) is -3.28. The second-order valence-electron chi connectivity index (χ2n) is 9.10. The number of aromatic nitrogens is 1. The zero-order chi connectivity index (χ0) is 29.3. The number of rotatable bonds is 6. The summed E-state index contributed by atoms with van der Waals surface area (Å²) in [6.45, 7) is 0.385. The average molecular weight is 611 g/mol. The van der Waals surface area contributed by atoms with Gasteiger partial charge in [0, 0.05) is 36.3 Å². The van der Waals surface area contributed by atoms with Gasteiger partial charge in [0.1, 0.15) is 0 Å². The molecule has 13 heteroatoms. The van der Waals surface area contributed by atoms with Crippen molar-refractivity contribution in [1.29, 1.82) is 0 Å². The minimum atomic E-state index is -1.62. The lowest BCUT2D eigenvalue weighted by molar-refractivity contribution is -0.137. The Bertz CT molecular complexity index is 1800. The number of fused-ring (bicyclic) bond motifs is 2. The summed E-state index contributed by atoms with van der Waals surface area (Å²) in [7, 11) is 0. The fourth-order valence-corrected chi connectivity index (χ4v) is 5.95. The number of nitrogens with zero attached hydrogens (tertiary/aromatic N) is 2. The van der Waals surface area contributed by atoms with E-state index in [1.54, 1.807) is 46.7 Å². The fraction of sp³-hybridized carbons (Fsp3) is 0.143. The molecule has 3 amide bonds. The summed E-state index contributed by atoms with van der Waals surface area (Å²) in [5, 5.41) is 14.1. The van der Waals surface area contributed by atoms with Gasteiger partial charge in [0.05, 0.1) is 26.0 Å². The van der Waals surface area contributed by atoms with Gasteiger partial charge in [0.2, 0.25) is 5.56 Å². The van der Waals surface area contributed by atoms with Crippen molar-refractivity contribution in [2.24, 2.45) is 4.99 Å². The summed E-state index contributed by atoms with van der Waals surface area (Å²) < 4.78 is 0. The second-order valence-corrected chi connectivity index (χ2v) is 10.8. The molecule has 41 heavy (non-hydrogen) atoms. The molecule has 0 saturated carbocycles. The van der Waals surface area contributed by atoms with Crippen LogP contribution in [0, 0.1) is 0 Å². The van der Waals surface area contributed by atoms with Gasteiger partial charge < -0.3 is 20.3 Å². The Hall–Kier alpha value is -4.32. The molecule has 1 atom stereocenters. The highest BCUT2D eigenvalue weighted by Gasteiger charge is 2.30. The van der Waals surface area contributed by atoms with E-state index in [4.69, 9.17) is 23.2 Å². The van der Waals surface area contributed by atoms with Gasteiger partial charge in [0.25, 0.3) is 17.7 Å². The van der Waals surface area contributed by atoms with E-state index in [0.29, 0.717) is 26.9 Å². The molecule has 0 radical (unpaired) electrons. The molecule has 5 rings (SSSR count). The third-order valence-electron chi connectivity index (χ3n) is 6.53. The number of carbonyl (C=O) groups is 4. The standard InChI is InChI=1S/C28H20Cl2N4O6S/c29-18-10-14-13-34(27(38)17-11-22(35)32-19-5-2-1-4-16(17)19)8-7-15(14)24(30)23(18)26(37)33-20(28(39)40)12-31-25(36)21-6-3-9-41-21/h1-6,9-12,20H,7-8,13H2,(H,32,35)(H,33,37)(H,39,40)/t20-/m0/s1. The third-order valence-corrected chi connectivity index (χ3v) is 8.10. The Morgan fingerprint density at radius 2 is 1.90 bits per heavy atom. The number of carboxylic acids is 1. The summed E-state index contributed by atoms with van der Waals surface area (Å²) in [4.78, 5) is 70.8. The van der Waals surface area contributed by atoms with Gasteiger partial charge in [-0.05, 0) is 41.1 Å². The number of amides is 3. The molecule has 4 aromatic rings. The van der Waals surface area contributed by atoms with E-state index in [9.17, 15) is 29.1 Å². The first-order chi connectivity index (χ1) is 19.6. The molecule has 0 bridgehead atoms. The van der Waals surface area contributed by atoms with E-state index in [1.807, 2.05) is 0 Å². The molecule has 3 heterocycles. The van der Waals surface area contributed by atoms with E-state index in [0.717, 1.165) is 17.6 Å². The number of para-hydroxylation sites is 1. The minimum Gasteiger partial charge on any atom is -0.479 e. The number of nitrogens with one attached hydrogen (secondary N) is 2. The molecule has 0 saturated heterocycles. The number of aliphatic carboxylic acids is 1. The molecular formula is C28H20Cl2N4O6S. The maximum Gasteiger partial charge on any atom is 0.331 e. The number of aromatic amines is 1. The van der Waals surface area contributed by atoms with Crippen LogP contribution in [0.3, 0.4) is 0 Å². The largest absolute Gasteiger partial charge is 0.479 e. The number of halogens is 2. The molecule has 0 fully saturated rings. The molecule has 2 aromatic carbocycles. The van der Waals surface area contributed by atoms with Crippen LogP contribution in [-0.4, -0.2) is 57.5 Å². The Kier molecular flexibility index (Phi) is 8.02. The van der Waals surface area contributed by atoms with Crippen LogP contribution in [0.25, 0.3) is 10.9 Å². The number of benzene rings is 2. The summed E-state index contributed by atoms with van der Waals surface area (Å²) in [5.41, 5.74) is 1.49. The predicted octanol–water partition coefficient (Wildman–Crippen LogP) is 4.19. The van der Waals surface area contributed by atoms with Crippen molar-refractivity contribution in [3.8, 4) is 0 Å². The number of aliphatic imine (C=N–C) groups is 1. The van der Waals surface area contributed by atoms with Crippen LogP contribution in [0.5, 0.6) is 0 Å². The van der Waals surface area contributed by atoms with Gasteiger partial charge in [-0.2, -0.15) is 0 Å². The van der Waals surface area contributed by atoms with Crippen LogP contribution in [0.4, 0.5) is 0 Å². The van der Waals surface area contributed by atoms with Gasteiger partial charge in [-0.15, -0.1) is 11.3 Å². The van der Waals surface area contributed by atoms with Gasteiger partial charge in [-0.25, -0.2) is 9.79 Å². The zero-order valence-electron chi connectivity index (χ0n) is 21.0. The van der Waals surface area contributed by atoms with Crippen LogP contribution < -0.4 is 10.9 Å². The van der Waals surface area contributed by atoms with Crippen molar-refractivity contribution in [2.45, 2.75) is 19.0 Å². The molecule has 0 spiro atoms. The SMILES string of the molecule is O=C(N=C[C@H](NC(=O)c1c(Cl)cc2c(c1Cl)CCN(C(=O)c1cc(=O)[nH]c3ccccc13)C2)C(=O)O)c1cccs1. The van der Waals surface area contributed by atoms with Crippen LogP contribution in [0.15, 0.2) is 63.7 Å². The number of pyridine rings is 1. The number of carboxylic acid groups (broad SMARTS) is 1. The zero-order valence-corrected chi connectivity index (χ0v) is 23.3. The molecule has 3 N–H and O–H groups in total. The number of hydrogen-bond acceptors (Lipinski definition) is 6. The van der Waals surface area contributed by atoms with Crippen molar-refractivity contribution in [2.75, 3.05) is 6.54 Å². The highest BCUT2D eigenvalue weighted by atomic mass is 35.5. The molecule has 208 valence electrons. The number of thiophene rings is 1. The van der Waals surface area contributed by atoms with E-state index < -0.39 is 29.4 Å². The van der Waals surface area contributed by atoms with Crippen molar-refractivity contribution < 1.29 is 24.3 Å². The molecule has 0 unspecified atom stereocenters. The van der Waals surface area contributed by atoms with Crippen LogP contribution >= 0.6 is 34.5 Å². The first kappa shape index (κ1) is 28.2. The Morgan fingerprint density at radius 1 is 1.12 bits per heavy atom. The number of carbonyl (C=O) groups excluding carboxylic acids is 3. The maximum absolute atomic E-state index is 13.4. The van der Waals surface area contributed by atoms with Gasteiger partial charge in [-0.3, -0.25) is 19.2 Å². The smallest absolute Gasteiger partial charge is 0.331 e. The molecule has 2 aromatic heterocycles. The Morgan fingerprint density at radius 3 is 2.63 bits per heavy atom. The molecular weight excluding hydrogens is 591 g/mol. The lowest BCUT2D eigenvalue weighted by Crippen LogP contribution is -2.42. The number of H-pyrrole nitrogens is 1. The average Bonchev–Trinajstić information content (AvgIpc) is 3.49. The van der Waals surface area contributed by atoms with Crippen molar-refractivity contribution in [3.63, 3.8) is 0 Å². The summed E-state index contributed by atoms with van der Waals surface area (Å²) >= 11 is 14.2. The van der Waals surface area contributed by atoms with Gasteiger partial charge >= 0.3 is 5.97 Å². The Labute approximate surface area is 246 Å². The molecule has 0 aliphatic carbocycles. The second kappa shape index (κ2) is 11.7. The highest BCUT2D eigenvalue weighted by molar-refractivity contribution is 7.12. The van der Waals surface area contributed by atoms with E-state index >= 15 is 0 Å². The fourth-order valence-electron chi connectivity index (χ4n) is 4.57. The topological polar surface area (TPSA) is 149 Å². The van der Waals surface area contributed by atoms with Crippen LogP contribution in [-0.2, 0) is 17.8 Å². The Balaban J connectivity index is 1.37. The summed E-state index contributed by atoms with van der Waals surface area (Å²) in [6, 6.07) is 11.4. The van der Waals surface area contributed by atoms with E-state index in [-0.39, 0.29) is 46.6 Å². The third kappa shape index (κ3) is 5.78. The molecule has 10 nitrogen and oxygen atoms in total. The highest BCUT2D eigenvalue weighted by Crippen LogP contribution is 2.35. The first-order valence-corrected chi connectivity index (χ1v) is 13.8. The molecule has 1 aliphatic rings. The normalized spacial score (nSPS) is 13.7. The van der Waals surface area contributed by atoms with Crippen molar-refractivity contribution >= 4 is 75.3 Å². The van der Waals surface area contributed by atoms with E-state index in [2.05, 4.69) is 15.3 Å². The van der Waals surface area contributed by atoms with Gasteiger partial charge in [-0.1, -0.05) is 47.5 Å². The van der Waals surface area contributed by atoms with Crippen molar-refractivity contribution in [3.05, 3.63) is 101 Å². The van der Waals surface area contributed by atoms with Gasteiger partial charge in [0.15, 0.2) is 6.04 Å². The van der Waals surface area contributed by atoms with Crippen LogP contribution in [0.2, 0.25) is 10.0 Å². The minimum absolute atomic E-state index is 0.0365. The van der Waals surface area contributed by atoms with E-state index in [1.165, 1.54) is 12.1 Å².